The van der Waals surface area contributed by atoms with E-state index in [4.69, 9.17) is 37.9 Å². The number of carbonyl (C=O) groups excluding carboxylic acids is 3. The SMILES string of the molecule is CN(C)C/C=C/C(=O)Nc1ccc(CN(C(=O)OC(C)(C)C)[C@H]2CCC[C@@H](Nc3ncc(Cl)c(-c4c[nH]c5ccccc45)n3)C2)nc1.CN(C)C/C=C/C(=O)Nc1ccc(CN[C@H]2CCC[C@@H](Nc3ncc(Cl)c(-c4c[nH]c5ccccc45)n3)C2)nc1. The first-order valence-corrected chi connectivity index (χ1v) is 30.2. The summed E-state index contributed by atoms with van der Waals surface area (Å²) in [5, 5.41) is 19.5. The standard InChI is InChI=1S/C35H43ClN8O3.C30H35ClN8O/c1-35(2,3)47-34(46)44(22-25-16-15-24(19-37-25)40-31(45)14-9-17-43(4)5)26-11-8-10-23(18-26)41-33-39-21-29(36)32(42-33)28-20-38-30-13-7-6-12-27(28)30;1-39(2)14-6-11-28(40)36-23-13-12-22(33-17-23)16-32-20-7-5-8-21(15-20)37-30-35-19-26(31)29(38-30)25-18-34-27-10-4-3-9-24(25)27/h6-7,9,12-16,19-21,23,26,38H,8,10-11,17-18,22H2,1-5H3,(H,40,45)(H,39,41,42);3-4,6,9-13,17-21,32,34H,5,7-8,14-16H2,1-2H3,(H,36,40)(H,35,37,38)/b14-9+;11-6+/t23-,26+;20-,21+/m10/s1. The average molecular weight is 1220 g/mol. The van der Waals surface area contributed by atoms with Crippen LogP contribution in [-0.4, -0.2) is 144 Å². The van der Waals surface area contributed by atoms with Gasteiger partial charge in [0, 0.05) is 101 Å². The third-order valence-electron chi connectivity index (χ3n) is 14.8. The summed E-state index contributed by atoms with van der Waals surface area (Å²) < 4.78 is 5.84. The van der Waals surface area contributed by atoms with E-state index in [0.29, 0.717) is 76.8 Å². The number of amides is 3. The predicted octanol–water partition coefficient (Wildman–Crippen LogP) is 12.1. The second-order valence-corrected chi connectivity index (χ2v) is 24.3. The summed E-state index contributed by atoms with van der Waals surface area (Å²) in [4.78, 5) is 77.8. The van der Waals surface area contributed by atoms with Crippen LogP contribution in [0.3, 0.4) is 0 Å². The average Bonchev–Trinajstić information content (AvgIpc) is 2.56. The molecule has 87 heavy (non-hydrogen) atoms. The number of halogens is 2. The number of rotatable bonds is 20. The normalized spacial score (nSPS) is 17.1. The molecule has 6 heterocycles. The van der Waals surface area contributed by atoms with Gasteiger partial charge in [-0.1, -0.05) is 71.8 Å². The van der Waals surface area contributed by atoms with Crippen molar-refractivity contribution in [2.45, 2.75) is 115 Å². The van der Waals surface area contributed by atoms with Crippen molar-refractivity contribution in [3.63, 3.8) is 0 Å². The molecule has 2 aliphatic carbocycles. The first kappa shape index (κ1) is 63.2. The quantitative estimate of drug-likeness (QED) is 0.0351. The lowest BCUT2D eigenvalue weighted by Gasteiger charge is -2.38. The second kappa shape index (κ2) is 29.9. The second-order valence-electron chi connectivity index (χ2n) is 23.5. The number of para-hydroxylation sites is 2. The van der Waals surface area contributed by atoms with Crippen LogP contribution in [-0.2, 0) is 27.4 Å². The summed E-state index contributed by atoms with van der Waals surface area (Å²) in [6, 6.07) is 24.1. The van der Waals surface area contributed by atoms with Crippen LogP contribution in [0.4, 0.5) is 28.1 Å². The number of nitrogens with zero attached hydrogens (tertiary/aromatic N) is 9. The van der Waals surface area contributed by atoms with Crippen LogP contribution in [0.2, 0.25) is 10.0 Å². The van der Waals surface area contributed by atoms with Gasteiger partial charge in [-0.15, -0.1) is 0 Å². The van der Waals surface area contributed by atoms with Gasteiger partial charge < -0.3 is 51.1 Å². The first-order chi connectivity index (χ1) is 41.9. The van der Waals surface area contributed by atoms with E-state index >= 15 is 0 Å². The lowest BCUT2D eigenvalue weighted by Crippen LogP contribution is -2.47. The molecule has 2 aliphatic rings. The van der Waals surface area contributed by atoms with E-state index in [-0.39, 0.29) is 36.5 Å². The van der Waals surface area contributed by atoms with Crippen molar-refractivity contribution >= 4 is 86.2 Å². The molecule has 0 unspecified atom stereocenters. The summed E-state index contributed by atoms with van der Waals surface area (Å²) in [5.41, 5.74) is 7.53. The number of pyridine rings is 2. The number of likely N-dealkylation sites (N-methyl/N-ethyl adjacent to an activating group) is 2. The molecule has 20 nitrogen and oxygen atoms in total. The Kier molecular flexibility index (Phi) is 21.7. The van der Waals surface area contributed by atoms with Crippen molar-refractivity contribution in [1.29, 1.82) is 0 Å². The molecule has 2 saturated carbocycles. The van der Waals surface area contributed by atoms with E-state index in [1.54, 1.807) is 47.9 Å². The number of hydrogen-bond acceptors (Lipinski definition) is 15. The molecule has 6 aromatic heterocycles. The van der Waals surface area contributed by atoms with Crippen molar-refractivity contribution < 1.29 is 19.1 Å². The largest absolute Gasteiger partial charge is 0.444 e. The first-order valence-electron chi connectivity index (χ1n) is 29.5. The number of aromatic amines is 2. The van der Waals surface area contributed by atoms with E-state index in [9.17, 15) is 14.4 Å². The molecule has 7 N–H and O–H groups in total. The summed E-state index contributed by atoms with van der Waals surface area (Å²) in [5.74, 6) is 0.690. The maximum atomic E-state index is 13.6. The van der Waals surface area contributed by atoms with Gasteiger partial charge >= 0.3 is 6.09 Å². The van der Waals surface area contributed by atoms with Gasteiger partial charge in [-0.05, 0) is 137 Å². The molecule has 0 radical (unpaired) electrons. The molecule has 10 rings (SSSR count). The molecule has 4 atom stereocenters. The highest BCUT2D eigenvalue weighted by molar-refractivity contribution is 6.33. The zero-order chi connectivity index (χ0) is 61.5. The number of hydrogen-bond donors (Lipinski definition) is 7. The predicted molar refractivity (Wildman–Crippen MR) is 348 cm³/mol. The number of anilines is 4. The summed E-state index contributed by atoms with van der Waals surface area (Å²) in [6.07, 6.45) is 24.3. The van der Waals surface area contributed by atoms with Crippen LogP contribution in [0.1, 0.15) is 83.5 Å². The molecule has 0 spiro atoms. The lowest BCUT2D eigenvalue weighted by atomic mass is 9.90. The highest BCUT2D eigenvalue weighted by Crippen LogP contribution is 2.35. The third-order valence-corrected chi connectivity index (χ3v) is 15.4. The molecule has 2 aromatic carbocycles. The minimum atomic E-state index is -0.654. The smallest absolute Gasteiger partial charge is 0.410 e. The van der Waals surface area contributed by atoms with Gasteiger partial charge in [0.25, 0.3) is 0 Å². The fourth-order valence-electron chi connectivity index (χ4n) is 10.6. The molecule has 2 fully saturated rings. The lowest BCUT2D eigenvalue weighted by molar-refractivity contribution is -0.112. The summed E-state index contributed by atoms with van der Waals surface area (Å²) in [7, 11) is 7.79. The third kappa shape index (κ3) is 18.4. The molecule has 0 saturated heterocycles. The number of aromatic nitrogens is 8. The Labute approximate surface area is 518 Å². The van der Waals surface area contributed by atoms with E-state index in [1.807, 2.05) is 138 Å². The van der Waals surface area contributed by atoms with Crippen LogP contribution in [0.5, 0.6) is 0 Å². The monoisotopic (exact) mass is 1220 g/mol. The Bertz CT molecular complexity index is 3660. The van der Waals surface area contributed by atoms with Crippen molar-refractivity contribution in [3.05, 3.63) is 156 Å². The molecule has 0 bridgehead atoms. The van der Waals surface area contributed by atoms with Crippen LogP contribution in [0, 0.1) is 0 Å². The Morgan fingerprint density at radius 3 is 1.62 bits per heavy atom. The number of fused-ring (bicyclic) bond motifs is 2. The van der Waals surface area contributed by atoms with Gasteiger partial charge in [0.05, 0.1) is 75.5 Å². The highest BCUT2D eigenvalue weighted by atomic mass is 35.5. The van der Waals surface area contributed by atoms with Crippen LogP contribution in [0.15, 0.2) is 134 Å². The van der Waals surface area contributed by atoms with E-state index in [2.05, 4.69) is 62.6 Å². The number of ether oxygens (including phenoxy) is 1. The molecule has 456 valence electrons. The van der Waals surface area contributed by atoms with Crippen molar-refractivity contribution in [2.75, 3.05) is 62.5 Å². The van der Waals surface area contributed by atoms with Crippen molar-refractivity contribution in [1.82, 2.24) is 59.9 Å². The minimum absolute atomic E-state index is 0.0294. The Balaban J connectivity index is 0.000000210. The Hall–Kier alpha value is -8.27. The molecule has 3 amide bonds. The molecule has 22 heteroatoms. The summed E-state index contributed by atoms with van der Waals surface area (Å²) in [6.45, 7) is 7.90. The van der Waals surface area contributed by atoms with Gasteiger partial charge in [0.15, 0.2) is 0 Å². The minimum Gasteiger partial charge on any atom is -0.444 e. The van der Waals surface area contributed by atoms with Gasteiger partial charge in [0.2, 0.25) is 23.7 Å². The fraction of sp³-hybridized carbons (Fsp3) is 0.369. The zero-order valence-corrected chi connectivity index (χ0v) is 51.9. The topological polar surface area (TPSA) is 239 Å². The molecule has 8 aromatic rings. The van der Waals surface area contributed by atoms with E-state index in [0.717, 1.165) is 89.3 Å². The van der Waals surface area contributed by atoms with Gasteiger partial charge in [-0.25, -0.2) is 24.7 Å². The van der Waals surface area contributed by atoms with Crippen molar-refractivity contribution in [3.8, 4) is 22.5 Å². The van der Waals surface area contributed by atoms with E-state index < -0.39 is 11.7 Å². The molecule has 0 aliphatic heterocycles. The number of benzene rings is 2. The number of nitrogens with one attached hydrogen (secondary N) is 7. The van der Waals surface area contributed by atoms with Gasteiger partial charge in [-0.2, -0.15) is 0 Å². The van der Waals surface area contributed by atoms with Crippen LogP contribution >= 0.6 is 23.2 Å². The van der Waals surface area contributed by atoms with Crippen LogP contribution < -0.4 is 26.6 Å². The van der Waals surface area contributed by atoms with Crippen molar-refractivity contribution in [2.24, 2.45) is 0 Å². The highest BCUT2D eigenvalue weighted by Gasteiger charge is 2.34. The van der Waals surface area contributed by atoms with E-state index in [1.165, 1.54) is 6.08 Å². The van der Waals surface area contributed by atoms with Gasteiger partial charge in [0.1, 0.15) is 5.60 Å². The van der Waals surface area contributed by atoms with Gasteiger partial charge in [-0.3, -0.25) is 24.5 Å². The number of H-pyrrole nitrogens is 2. The Morgan fingerprint density at radius 2 is 1.11 bits per heavy atom. The maximum absolute atomic E-state index is 13.6. The maximum Gasteiger partial charge on any atom is 0.410 e. The molecular formula is C65H78Cl2N16O4. The summed E-state index contributed by atoms with van der Waals surface area (Å²) >= 11 is 13.1. The number of carbonyl (C=O) groups is 3. The van der Waals surface area contributed by atoms with Crippen LogP contribution in [0.25, 0.3) is 44.3 Å². The fourth-order valence-corrected chi connectivity index (χ4v) is 11.0. The molecular weight excluding hydrogens is 1140 g/mol. The Morgan fingerprint density at radius 1 is 0.621 bits per heavy atom. The zero-order valence-electron chi connectivity index (χ0n) is 50.4.